The van der Waals surface area contributed by atoms with Gasteiger partial charge in [0.15, 0.2) is 0 Å². The van der Waals surface area contributed by atoms with Crippen molar-refractivity contribution in [3.8, 4) is 0 Å². The first-order valence-electron chi connectivity index (χ1n) is 8.98. The van der Waals surface area contributed by atoms with Crippen molar-refractivity contribution in [2.24, 2.45) is 0 Å². The highest BCUT2D eigenvalue weighted by Gasteiger charge is 2.21. The molecule has 0 aliphatic carbocycles. The zero-order valence-corrected chi connectivity index (χ0v) is 15.2. The highest BCUT2D eigenvalue weighted by atomic mass is 16.5. The normalized spacial score (nSPS) is 17.1. The molecule has 1 aromatic rings. The molecule has 0 saturated carbocycles. The monoisotopic (exact) mass is 333 g/mol. The van der Waals surface area contributed by atoms with Crippen molar-refractivity contribution in [1.82, 2.24) is 10.2 Å². The summed E-state index contributed by atoms with van der Waals surface area (Å²) in [6, 6.07) is 10.9. The van der Waals surface area contributed by atoms with Crippen molar-refractivity contribution in [1.29, 1.82) is 0 Å². The van der Waals surface area contributed by atoms with Crippen LogP contribution in [0.25, 0.3) is 0 Å². The molecule has 1 fully saturated rings. The number of carbonyl (C=O) groups excluding carboxylic acids is 1. The van der Waals surface area contributed by atoms with Crippen LogP contribution in [0, 0.1) is 0 Å². The number of nitrogens with zero attached hydrogens (tertiary/aromatic N) is 2. The summed E-state index contributed by atoms with van der Waals surface area (Å²) in [6.07, 6.45) is 0.616. The summed E-state index contributed by atoms with van der Waals surface area (Å²) >= 11 is 0. The number of para-hydroxylation sites is 1. The third-order valence-corrected chi connectivity index (χ3v) is 4.43. The van der Waals surface area contributed by atoms with E-state index < -0.39 is 0 Å². The molecule has 1 aromatic carbocycles. The Morgan fingerprint density at radius 3 is 2.42 bits per heavy atom. The fourth-order valence-electron chi connectivity index (χ4n) is 2.93. The van der Waals surface area contributed by atoms with Crippen LogP contribution in [0.2, 0.25) is 0 Å². The largest absolute Gasteiger partial charge is 0.378 e. The lowest BCUT2D eigenvalue weighted by Gasteiger charge is -2.39. The van der Waals surface area contributed by atoms with Crippen LogP contribution < -0.4 is 10.2 Å². The molecule has 0 aromatic heterocycles. The van der Waals surface area contributed by atoms with E-state index in [-0.39, 0.29) is 12.0 Å². The summed E-state index contributed by atoms with van der Waals surface area (Å²) in [7, 11) is 0. The van der Waals surface area contributed by atoms with Crippen LogP contribution in [-0.2, 0) is 9.53 Å². The molecular formula is C19H31N3O2. The fourth-order valence-corrected chi connectivity index (χ4v) is 2.93. The van der Waals surface area contributed by atoms with Crippen LogP contribution >= 0.6 is 0 Å². The molecule has 2 rings (SSSR count). The number of rotatable bonds is 8. The minimum absolute atomic E-state index is 0.0745. The van der Waals surface area contributed by atoms with Gasteiger partial charge >= 0.3 is 0 Å². The first kappa shape index (κ1) is 18.7. The number of hydrogen-bond acceptors (Lipinski definition) is 4. The van der Waals surface area contributed by atoms with Crippen molar-refractivity contribution >= 4 is 11.6 Å². The molecule has 0 spiro atoms. The lowest BCUT2D eigenvalue weighted by Crippen LogP contribution is -2.52. The minimum Gasteiger partial charge on any atom is -0.378 e. The van der Waals surface area contributed by atoms with Crippen LogP contribution in [0.1, 0.15) is 27.2 Å². The minimum atomic E-state index is 0.0745. The maximum atomic E-state index is 11.8. The maximum Gasteiger partial charge on any atom is 0.222 e. The molecule has 24 heavy (non-hydrogen) atoms. The third kappa shape index (κ3) is 6.13. The topological polar surface area (TPSA) is 44.8 Å². The van der Waals surface area contributed by atoms with Gasteiger partial charge < -0.3 is 15.0 Å². The van der Waals surface area contributed by atoms with Gasteiger partial charge in [-0.25, -0.2) is 0 Å². The molecule has 1 unspecified atom stereocenters. The quantitative estimate of drug-likeness (QED) is 0.792. The summed E-state index contributed by atoms with van der Waals surface area (Å²) in [5.41, 5.74) is 1.29. The summed E-state index contributed by atoms with van der Waals surface area (Å²) in [6.45, 7) is 11.5. The molecule has 1 N–H and O–H groups in total. The van der Waals surface area contributed by atoms with Crippen molar-refractivity contribution in [2.75, 3.05) is 44.2 Å². The molecule has 1 aliphatic rings. The summed E-state index contributed by atoms with van der Waals surface area (Å²) in [5.74, 6) is 0.0745. The van der Waals surface area contributed by atoms with E-state index in [9.17, 15) is 4.79 Å². The van der Waals surface area contributed by atoms with Gasteiger partial charge in [-0.3, -0.25) is 9.69 Å². The van der Waals surface area contributed by atoms with E-state index in [1.165, 1.54) is 5.69 Å². The average molecular weight is 333 g/mol. The maximum absolute atomic E-state index is 11.8. The van der Waals surface area contributed by atoms with Gasteiger partial charge in [0.25, 0.3) is 0 Å². The summed E-state index contributed by atoms with van der Waals surface area (Å²) in [4.78, 5) is 16.7. The van der Waals surface area contributed by atoms with Gasteiger partial charge in [-0.05, 0) is 32.9 Å². The lowest BCUT2D eigenvalue weighted by atomic mass is 10.2. The van der Waals surface area contributed by atoms with Crippen molar-refractivity contribution in [3.63, 3.8) is 0 Å². The van der Waals surface area contributed by atoms with Crippen molar-refractivity contribution in [3.05, 3.63) is 30.3 Å². The lowest BCUT2D eigenvalue weighted by molar-refractivity contribution is -0.122. The number of ether oxygens (including phenoxy) is 1. The molecule has 1 aliphatic heterocycles. The Morgan fingerprint density at radius 1 is 1.12 bits per heavy atom. The Kier molecular flexibility index (Phi) is 7.53. The smallest absolute Gasteiger partial charge is 0.222 e. The SMILES string of the molecule is CC(C)OCCC(=O)NCC(C)N1CCN(c2ccccc2)CC1. The molecule has 1 atom stereocenters. The van der Waals surface area contributed by atoms with Gasteiger partial charge in [0.1, 0.15) is 0 Å². The Labute approximate surface area is 146 Å². The molecule has 5 heteroatoms. The first-order chi connectivity index (χ1) is 11.6. The highest BCUT2D eigenvalue weighted by Crippen LogP contribution is 2.16. The number of carbonyl (C=O) groups is 1. The molecule has 1 amide bonds. The van der Waals surface area contributed by atoms with Gasteiger partial charge in [0.2, 0.25) is 5.91 Å². The Balaban J connectivity index is 1.65. The molecular weight excluding hydrogens is 302 g/mol. The zero-order valence-electron chi connectivity index (χ0n) is 15.2. The second-order valence-corrected chi connectivity index (χ2v) is 6.68. The van der Waals surface area contributed by atoms with E-state index in [0.29, 0.717) is 25.6 Å². The molecule has 1 saturated heterocycles. The van der Waals surface area contributed by atoms with Gasteiger partial charge in [0, 0.05) is 50.9 Å². The standard InChI is InChI=1S/C19H31N3O2/c1-16(2)24-14-9-19(23)20-15-17(3)21-10-12-22(13-11-21)18-7-5-4-6-8-18/h4-8,16-17H,9-15H2,1-3H3,(H,20,23). The average Bonchev–Trinajstić information content (AvgIpc) is 2.60. The number of anilines is 1. The van der Waals surface area contributed by atoms with Gasteiger partial charge in [0.05, 0.1) is 12.7 Å². The van der Waals surface area contributed by atoms with Crippen LogP contribution in [0.15, 0.2) is 30.3 Å². The number of hydrogen-bond donors (Lipinski definition) is 1. The van der Waals surface area contributed by atoms with E-state index in [1.54, 1.807) is 0 Å². The van der Waals surface area contributed by atoms with Crippen LogP contribution in [0.4, 0.5) is 5.69 Å². The molecule has 0 bridgehead atoms. The fraction of sp³-hybridized carbons (Fsp3) is 0.632. The number of nitrogens with one attached hydrogen (secondary N) is 1. The van der Waals surface area contributed by atoms with E-state index in [1.807, 2.05) is 13.8 Å². The molecule has 0 radical (unpaired) electrons. The Bertz CT molecular complexity index is 485. The van der Waals surface area contributed by atoms with Crippen molar-refractivity contribution in [2.45, 2.75) is 39.3 Å². The van der Waals surface area contributed by atoms with Gasteiger partial charge in [-0.1, -0.05) is 18.2 Å². The van der Waals surface area contributed by atoms with Crippen molar-refractivity contribution < 1.29 is 9.53 Å². The molecule has 134 valence electrons. The van der Waals surface area contributed by atoms with Crippen LogP contribution in [0.5, 0.6) is 0 Å². The zero-order chi connectivity index (χ0) is 17.4. The third-order valence-electron chi connectivity index (χ3n) is 4.43. The predicted molar refractivity (Wildman–Crippen MR) is 98.4 cm³/mol. The van der Waals surface area contributed by atoms with Gasteiger partial charge in [-0.15, -0.1) is 0 Å². The Morgan fingerprint density at radius 2 is 1.79 bits per heavy atom. The number of benzene rings is 1. The molecule has 5 nitrogen and oxygen atoms in total. The first-order valence-corrected chi connectivity index (χ1v) is 8.98. The van der Waals surface area contributed by atoms with E-state index in [4.69, 9.17) is 4.74 Å². The predicted octanol–water partition coefficient (Wildman–Crippen LogP) is 2.13. The summed E-state index contributed by atoms with van der Waals surface area (Å²) < 4.78 is 5.41. The van der Waals surface area contributed by atoms with Crippen LogP contribution in [0.3, 0.4) is 0 Å². The second-order valence-electron chi connectivity index (χ2n) is 6.68. The van der Waals surface area contributed by atoms with E-state index >= 15 is 0 Å². The molecule has 1 heterocycles. The number of piperazine rings is 1. The Hall–Kier alpha value is -1.59. The highest BCUT2D eigenvalue weighted by molar-refractivity contribution is 5.75. The van der Waals surface area contributed by atoms with Crippen LogP contribution in [-0.4, -0.2) is 62.3 Å². The van der Waals surface area contributed by atoms with Gasteiger partial charge in [-0.2, -0.15) is 0 Å². The van der Waals surface area contributed by atoms with E-state index in [0.717, 1.165) is 26.2 Å². The summed E-state index contributed by atoms with van der Waals surface area (Å²) in [5, 5.41) is 3.02. The number of amides is 1. The van der Waals surface area contributed by atoms with E-state index in [2.05, 4.69) is 52.4 Å². The second kappa shape index (κ2) is 9.64.